The van der Waals surface area contributed by atoms with Crippen LogP contribution in [0, 0.1) is 6.92 Å². The number of nitrogens with zero attached hydrogens (tertiary/aromatic N) is 2. The van der Waals surface area contributed by atoms with Gasteiger partial charge in [0.05, 0.1) is 16.9 Å². The lowest BCUT2D eigenvalue weighted by Gasteiger charge is -2.30. The first-order chi connectivity index (χ1) is 15.7. The van der Waals surface area contributed by atoms with E-state index in [0.717, 1.165) is 5.56 Å². The highest BCUT2D eigenvalue weighted by Crippen LogP contribution is 2.41. The van der Waals surface area contributed by atoms with Gasteiger partial charge in [-0.2, -0.15) is 8.61 Å². The molecule has 1 aliphatic rings. The standard InChI is InChI=1S/C24H26N2O5S2/c1-18-9-15-23(16-10-18)32(27,28)25-17-19(2)26(33(29,30)22-7-5-4-6-8-22)24(25)20-11-13-21(31-3)14-12-20/h4-16,19,24H,17H2,1-3H3/t19-,24+/m0/s1. The van der Waals surface area contributed by atoms with Crippen LogP contribution in [-0.4, -0.2) is 45.1 Å². The maximum absolute atomic E-state index is 13.7. The van der Waals surface area contributed by atoms with Gasteiger partial charge in [0.15, 0.2) is 0 Å². The van der Waals surface area contributed by atoms with Crippen LogP contribution in [-0.2, 0) is 20.0 Å². The number of methoxy groups -OCH3 is 1. The van der Waals surface area contributed by atoms with Gasteiger partial charge in [-0.1, -0.05) is 48.0 Å². The molecule has 3 aromatic carbocycles. The fourth-order valence-electron chi connectivity index (χ4n) is 4.06. The van der Waals surface area contributed by atoms with E-state index < -0.39 is 32.3 Å². The quantitative estimate of drug-likeness (QED) is 0.529. The van der Waals surface area contributed by atoms with Gasteiger partial charge in [0.2, 0.25) is 20.0 Å². The monoisotopic (exact) mass is 486 g/mol. The Morgan fingerprint density at radius 1 is 0.788 bits per heavy atom. The molecule has 0 N–H and O–H groups in total. The van der Waals surface area contributed by atoms with Crippen molar-refractivity contribution in [3.8, 4) is 5.75 Å². The third-order valence-corrected chi connectivity index (χ3v) is 9.57. The predicted molar refractivity (Wildman–Crippen MR) is 126 cm³/mol. The van der Waals surface area contributed by atoms with Crippen molar-refractivity contribution in [2.24, 2.45) is 0 Å². The van der Waals surface area contributed by atoms with Crippen molar-refractivity contribution in [2.45, 2.75) is 35.8 Å². The summed E-state index contributed by atoms with van der Waals surface area (Å²) in [7, 11) is -6.43. The lowest BCUT2D eigenvalue weighted by molar-refractivity contribution is 0.275. The highest BCUT2D eigenvalue weighted by Gasteiger charge is 2.50. The molecule has 0 unspecified atom stereocenters. The van der Waals surface area contributed by atoms with Crippen molar-refractivity contribution < 1.29 is 21.6 Å². The SMILES string of the molecule is COc1ccc([C@@H]2N(S(=O)(=O)c3ccc(C)cc3)C[C@H](C)N2S(=O)(=O)c2ccccc2)cc1. The summed E-state index contributed by atoms with van der Waals surface area (Å²) in [5, 5.41) is 0. The molecule has 1 saturated heterocycles. The third-order valence-electron chi connectivity index (χ3n) is 5.75. The van der Waals surface area contributed by atoms with E-state index in [0.29, 0.717) is 11.3 Å². The summed E-state index contributed by atoms with van der Waals surface area (Å²) in [6, 6.07) is 20.8. The summed E-state index contributed by atoms with van der Waals surface area (Å²) >= 11 is 0. The van der Waals surface area contributed by atoms with Crippen LogP contribution in [0.2, 0.25) is 0 Å². The largest absolute Gasteiger partial charge is 0.497 e. The fraction of sp³-hybridized carbons (Fsp3) is 0.250. The van der Waals surface area contributed by atoms with Crippen LogP contribution in [0.5, 0.6) is 5.75 Å². The Morgan fingerprint density at radius 3 is 1.94 bits per heavy atom. The Labute approximate surface area is 195 Å². The molecule has 9 heteroatoms. The second-order valence-electron chi connectivity index (χ2n) is 8.03. The zero-order valence-corrected chi connectivity index (χ0v) is 20.3. The van der Waals surface area contributed by atoms with Gasteiger partial charge in [-0.15, -0.1) is 0 Å². The Hall–Kier alpha value is -2.72. The smallest absolute Gasteiger partial charge is 0.245 e. The number of aryl methyl sites for hydroxylation is 1. The number of rotatable bonds is 6. The molecular formula is C24H26N2O5S2. The lowest BCUT2D eigenvalue weighted by atomic mass is 10.1. The lowest BCUT2D eigenvalue weighted by Crippen LogP contribution is -2.39. The summed E-state index contributed by atoms with van der Waals surface area (Å²) in [6.45, 7) is 3.63. The molecule has 33 heavy (non-hydrogen) atoms. The molecule has 4 rings (SSSR count). The van der Waals surface area contributed by atoms with E-state index in [1.807, 2.05) is 6.92 Å². The van der Waals surface area contributed by atoms with Crippen molar-refractivity contribution in [3.05, 3.63) is 90.0 Å². The van der Waals surface area contributed by atoms with Crippen molar-refractivity contribution in [3.63, 3.8) is 0 Å². The first-order valence-corrected chi connectivity index (χ1v) is 13.4. The molecule has 0 amide bonds. The summed E-state index contributed by atoms with van der Waals surface area (Å²) < 4.78 is 62.5. The molecule has 7 nitrogen and oxygen atoms in total. The van der Waals surface area contributed by atoms with Gasteiger partial charge in [-0.05, 0) is 55.8 Å². The van der Waals surface area contributed by atoms with Gasteiger partial charge < -0.3 is 4.74 Å². The van der Waals surface area contributed by atoms with Crippen molar-refractivity contribution in [1.29, 1.82) is 0 Å². The van der Waals surface area contributed by atoms with E-state index in [-0.39, 0.29) is 16.3 Å². The molecule has 0 radical (unpaired) electrons. The van der Waals surface area contributed by atoms with E-state index in [4.69, 9.17) is 4.74 Å². The second-order valence-corrected chi connectivity index (χ2v) is 11.8. The van der Waals surface area contributed by atoms with Crippen LogP contribution in [0.25, 0.3) is 0 Å². The van der Waals surface area contributed by atoms with Crippen molar-refractivity contribution in [2.75, 3.05) is 13.7 Å². The molecule has 174 valence electrons. The maximum atomic E-state index is 13.7. The van der Waals surface area contributed by atoms with E-state index in [1.165, 1.54) is 27.9 Å². The Bertz CT molecular complexity index is 1320. The van der Waals surface area contributed by atoms with Crippen LogP contribution in [0.15, 0.2) is 88.7 Å². The average Bonchev–Trinajstić information content (AvgIpc) is 3.18. The maximum Gasteiger partial charge on any atom is 0.245 e. The Morgan fingerprint density at radius 2 is 1.36 bits per heavy atom. The minimum absolute atomic E-state index is 0.0268. The van der Waals surface area contributed by atoms with Crippen LogP contribution >= 0.6 is 0 Å². The van der Waals surface area contributed by atoms with Gasteiger partial charge in [0.25, 0.3) is 0 Å². The van der Waals surface area contributed by atoms with Crippen molar-refractivity contribution in [1.82, 2.24) is 8.61 Å². The fourth-order valence-corrected chi connectivity index (χ4v) is 7.55. The van der Waals surface area contributed by atoms with E-state index in [9.17, 15) is 16.8 Å². The molecule has 3 aromatic rings. The van der Waals surface area contributed by atoms with Crippen LogP contribution in [0.3, 0.4) is 0 Å². The number of sulfonamides is 2. The summed E-state index contributed by atoms with van der Waals surface area (Å²) in [6.07, 6.45) is -1.04. The normalized spacial score (nSPS) is 20.1. The van der Waals surface area contributed by atoms with Crippen LogP contribution in [0.1, 0.15) is 24.2 Å². The molecule has 0 aromatic heterocycles. The number of ether oxygens (including phenoxy) is 1. The van der Waals surface area contributed by atoms with E-state index in [1.54, 1.807) is 73.7 Å². The molecule has 1 fully saturated rings. The predicted octanol–water partition coefficient (Wildman–Crippen LogP) is 3.79. The van der Waals surface area contributed by atoms with Gasteiger partial charge >= 0.3 is 0 Å². The molecule has 0 aliphatic carbocycles. The zero-order chi connectivity index (χ0) is 23.8. The summed E-state index contributed by atoms with van der Waals surface area (Å²) in [4.78, 5) is 0.239. The van der Waals surface area contributed by atoms with Gasteiger partial charge in [0, 0.05) is 12.6 Å². The van der Waals surface area contributed by atoms with Gasteiger partial charge in [-0.25, -0.2) is 16.8 Å². The molecule has 1 aliphatic heterocycles. The zero-order valence-electron chi connectivity index (χ0n) is 18.6. The molecule has 0 bridgehead atoms. The Balaban J connectivity index is 1.87. The number of hydrogen-bond acceptors (Lipinski definition) is 5. The summed E-state index contributed by atoms with van der Waals surface area (Å²) in [5.74, 6) is 0.593. The third kappa shape index (κ3) is 4.29. The molecule has 2 atom stereocenters. The van der Waals surface area contributed by atoms with E-state index >= 15 is 0 Å². The Kier molecular flexibility index (Phi) is 6.32. The minimum Gasteiger partial charge on any atom is -0.497 e. The van der Waals surface area contributed by atoms with Crippen molar-refractivity contribution >= 4 is 20.0 Å². The molecule has 0 saturated carbocycles. The first kappa shape index (κ1) is 23.4. The topological polar surface area (TPSA) is 84.0 Å². The summed E-state index contributed by atoms with van der Waals surface area (Å²) in [5.41, 5.74) is 1.47. The van der Waals surface area contributed by atoms with Gasteiger partial charge in [-0.3, -0.25) is 0 Å². The first-order valence-electron chi connectivity index (χ1n) is 10.5. The highest BCUT2D eigenvalue weighted by atomic mass is 32.2. The van der Waals surface area contributed by atoms with E-state index in [2.05, 4.69) is 0 Å². The molecule has 1 heterocycles. The average molecular weight is 487 g/mol. The number of hydrogen-bond donors (Lipinski definition) is 0. The molecule has 0 spiro atoms. The molecular weight excluding hydrogens is 460 g/mol. The van der Waals surface area contributed by atoms with Crippen LogP contribution in [0.4, 0.5) is 0 Å². The highest BCUT2D eigenvalue weighted by molar-refractivity contribution is 7.90. The van der Waals surface area contributed by atoms with Gasteiger partial charge in [0.1, 0.15) is 11.9 Å². The number of benzene rings is 3. The van der Waals surface area contributed by atoms with Crippen LogP contribution < -0.4 is 4.74 Å². The second kappa shape index (κ2) is 8.90. The minimum atomic E-state index is -3.99.